The number of nitrogens with two attached hydrogens (primary N) is 1. The van der Waals surface area contributed by atoms with E-state index in [1.54, 1.807) is 12.1 Å². The Bertz CT molecular complexity index is 331. The highest BCUT2D eigenvalue weighted by atomic mass is 19.1. The molecule has 0 radical (unpaired) electrons. The molecule has 2 N–H and O–H groups in total. The van der Waals surface area contributed by atoms with Crippen molar-refractivity contribution >= 4 is 0 Å². The van der Waals surface area contributed by atoms with Crippen molar-refractivity contribution in [3.05, 3.63) is 35.6 Å². The standard InChI is InChI=1S/C13H21FN2/c1-13(2,15)7-8-16(3)10-11-5-4-6-12(14)9-11/h4-6,9H,7-8,10,15H2,1-3H3. The highest BCUT2D eigenvalue weighted by Gasteiger charge is 2.11. The van der Waals surface area contributed by atoms with Crippen LogP contribution in [0, 0.1) is 5.82 Å². The third kappa shape index (κ3) is 5.24. The van der Waals surface area contributed by atoms with Crippen molar-refractivity contribution in [2.24, 2.45) is 5.73 Å². The lowest BCUT2D eigenvalue weighted by atomic mass is 10.0. The molecule has 0 aliphatic rings. The van der Waals surface area contributed by atoms with Crippen molar-refractivity contribution in [3.8, 4) is 0 Å². The van der Waals surface area contributed by atoms with E-state index < -0.39 is 0 Å². The second-order valence-electron chi connectivity index (χ2n) is 5.11. The van der Waals surface area contributed by atoms with Crippen molar-refractivity contribution < 1.29 is 4.39 Å². The van der Waals surface area contributed by atoms with Gasteiger partial charge in [0.15, 0.2) is 0 Å². The van der Waals surface area contributed by atoms with Crippen molar-refractivity contribution in [1.29, 1.82) is 0 Å². The summed E-state index contributed by atoms with van der Waals surface area (Å²) in [5, 5.41) is 0. The predicted molar refractivity (Wildman–Crippen MR) is 65.6 cm³/mol. The summed E-state index contributed by atoms with van der Waals surface area (Å²) in [4.78, 5) is 2.16. The molecule has 0 bridgehead atoms. The SMILES string of the molecule is CN(CCC(C)(C)N)Cc1cccc(F)c1. The highest BCUT2D eigenvalue weighted by molar-refractivity contribution is 5.15. The van der Waals surface area contributed by atoms with Gasteiger partial charge in [-0.05, 0) is 51.6 Å². The number of nitrogens with zero attached hydrogens (tertiary/aromatic N) is 1. The first-order chi connectivity index (χ1) is 7.37. The van der Waals surface area contributed by atoms with Crippen LogP contribution in [0.5, 0.6) is 0 Å². The molecule has 1 aromatic carbocycles. The quantitative estimate of drug-likeness (QED) is 0.832. The Hall–Kier alpha value is -0.930. The van der Waals surface area contributed by atoms with Crippen LogP contribution in [0.4, 0.5) is 4.39 Å². The molecule has 0 aliphatic carbocycles. The summed E-state index contributed by atoms with van der Waals surface area (Å²) in [6.07, 6.45) is 0.929. The van der Waals surface area contributed by atoms with Gasteiger partial charge in [-0.2, -0.15) is 0 Å². The van der Waals surface area contributed by atoms with Gasteiger partial charge >= 0.3 is 0 Å². The molecule has 0 spiro atoms. The van der Waals surface area contributed by atoms with Gasteiger partial charge < -0.3 is 10.6 Å². The van der Waals surface area contributed by atoms with Crippen LogP contribution >= 0.6 is 0 Å². The highest BCUT2D eigenvalue weighted by Crippen LogP contribution is 2.09. The molecular weight excluding hydrogens is 203 g/mol. The van der Waals surface area contributed by atoms with Crippen LogP contribution < -0.4 is 5.73 Å². The normalized spacial score (nSPS) is 12.1. The maximum Gasteiger partial charge on any atom is 0.123 e. The van der Waals surface area contributed by atoms with Gasteiger partial charge in [0.2, 0.25) is 0 Å². The molecule has 16 heavy (non-hydrogen) atoms. The molecule has 0 fully saturated rings. The Kier molecular flexibility index (Phi) is 4.44. The van der Waals surface area contributed by atoms with E-state index in [-0.39, 0.29) is 11.4 Å². The van der Waals surface area contributed by atoms with Crippen LogP contribution in [0.15, 0.2) is 24.3 Å². The first-order valence-electron chi connectivity index (χ1n) is 5.59. The number of hydrogen-bond donors (Lipinski definition) is 1. The monoisotopic (exact) mass is 224 g/mol. The summed E-state index contributed by atoms with van der Waals surface area (Å²) >= 11 is 0. The third-order valence-corrected chi connectivity index (χ3v) is 2.48. The second kappa shape index (κ2) is 5.41. The molecule has 0 saturated heterocycles. The second-order valence-corrected chi connectivity index (χ2v) is 5.11. The molecule has 1 aromatic rings. The van der Waals surface area contributed by atoms with Gasteiger partial charge in [-0.15, -0.1) is 0 Å². The number of halogens is 1. The molecule has 0 aromatic heterocycles. The van der Waals surface area contributed by atoms with Crippen molar-refractivity contribution in [3.63, 3.8) is 0 Å². The van der Waals surface area contributed by atoms with Crippen LogP contribution in [0.1, 0.15) is 25.8 Å². The van der Waals surface area contributed by atoms with E-state index in [1.165, 1.54) is 6.07 Å². The van der Waals surface area contributed by atoms with Gasteiger partial charge in [0, 0.05) is 12.1 Å². The fraction of sp³-hybridized carbons (Fsp3) is 0.538. The fourth-order valence-electron chi connectivity index (χ4n) is 1.51. The zero-order chi connectivity index (χ0) is 12.2. The van der Waals surface area contributed by atoms with E-state index in [0.717, 1.165) is 25.1 Å². The molecule has 0 heterocycles. The Morgan fingerprint density at radius 3 is 2.62 bits per heavy atom. The lowest BCUT2D eigenvalue weighted by molar-refractivity contribution is 0.288. The maximum absolute atomic E-state index is 13.0. The van der Waals surface area contributed by atoms with Gasteiger partial charge in [0.1, 0.15) is 5.82 Å². The van der Waals surface area contributed by atoms with Gasteiger partial charge in [-0.25, -0.2) is 4.39 Å². The summed E-state index contributed by atoms with van der Waals surface area (Å²) in [6.45, 7) is 5.71. The van der Waals surface area contributed by atoms with Gasteiger partial charge in [0.25, 0.3) is 0 Å². The van der Waals surface area contributed by atoms with E-state index in [4.69, 9.17) is 5.73 Å². The minimum absolute atomic E-state index is 0.143. The van der Waals surface area contributed by atoms with Gasteiger partial charge in [0.05, 0.1) is 0 Å². The van der Waals surface area contributed by atoms with Crippen LogP contribution in [0.3, 0.4) is 0 Å². The molecule has 90 valence electrons. The Morgan fingerprint density at radius 1 is 1.38 bits per heavy atom. The van der Waals surface area contributed by atoms with E-state index >= 15 is 0 Å². The lowest BCUT2D eigenvalue weighted by Crippen LogP contribution is -2.36. The third-order valence-electron chi connectivity index (χ3n) is 2.48. The summed E-state index contributed by atoms with van der Waals surface area (Å²) in [5.74, 6) is -0.176. The van der Waals surface area contributed by atoms with Crippen LogP contribution in [-0.4, -0.2) is 24.0 Å². The van der Waals surface area contributed by atoms with Crippen molar-refractivity contribution in [2.45, 2.75) is 32.4 Å². The summed E-state index contributed by atoms with van der Waals surface area (Å²) < 4.78 is 13.0. The molecule has 0 amide bonds. The molecule has 1 rings (SSSR count). The van der Waals surface area contributed by atoms with Gasteiger partial charge in [-0.1, -0.05) is 12.1 Å². The zero-order valence-corrected chi connectivity index (χ0v) is 10.3. The largest absolute Gasteiger partial charge is 0.326 e. The molecule has 2 nitrogen and oxygen atoms in total. The van der Waals surface area contributed by atoms with Gasteiger partial charge in [-0.3, -0.25) is 0 Å². The van der Waals surface area contributed by atoms with E-state index in [0.29, 0.717) is 0 Å². The molecule has 0 unspecified atom stereocenters. The molecular formula is C13H21FN2. The maximum atomic E-state index is 13.0. The smallest absolute Gasteiger partial charge is 0.123 e. The van der Waals surface area contributed by atoms with Crippen LogP contribution in [0.25, 0.3) is 0 Å². The topological polar surface area (TPSA) is 29.3 Å². The number of rotatable bonds is 5. The minimum atomic E-state index is -0.176. The van der Waals surface area contributed by atoms with Crippen LogP contribution in [-0.2, 0) is 6.54 Å². The van der Waals surface area contributed by atoms with E-state index in [9.17, 15) is 4.39 Å². The Labute approximate surface area is 97.3 Å². The molecule has 0 atom stereocenters. The zero-order valence-electron chi connectivity index (χ0n) is 10.3. The summed E-state index contributed by atoms with van der Waals surface area (Å²) in [6, 6.07) is 6.72. The minimum Gasteiger partial charge on any atom is -0.326 e. The molecule has 3 heteroatoms. The average molecular weight is 224 g/mol. The van der Waals surface area contributed by atoms with Crippen LogP contribution in [0.2, 0.25) is 0 Å². The number of benzene rings is 1. The Balaban J connectivity index is 2.43. The fourth-order valence-corrected chi connectivity index (χ4v) is 1.51. The predicted octanol–water partition coefficient (Wildman–Crippen LogP) is 2.38. The first-order valence-corrected chi connectivity index (χ1v) is 5.59. The Morgan fingerprint density at radius 2 is 2.06 bits per heavy atom. The lowest BCUT2D eigenvalue weighted by Gasteiger charge is -2.23. The van der Waals surface area contributed by atoms with E-state index in [2.05, 4.69) is 4.90 Å². The summed E-state index contributed by atoms with van der Waals surface area (Å²) in [5.41, 5.74) is 6.77. The average Bonchev–Trinajstić information content (AvgIpc) is 2.14. The van der Waals surface area contributed by atoms with Crippen molar-refractivity contribution in [1.82, 2.24) is 4.90 Å². The van der Waals surface area contributed by atoms with E-state index in [1.807, 2.05) is 27.0 Å². The molecule has 0 saturated carbocycles. The summed E-state index contributed by atoms with van der Waals surface area (Å²) in [7, 11) is 2.02. The van der Waals surface area contributed by atoms with Crippen molar-refractivity contribution in [2.75, 3.05) is 13.6 Å². The first kappa shape index (κ1) is 13.1. The number of hydrogen-bond acceptors (Lipinski definition) is 2. The molecule has 0 aliphatic heterocycles.